The topological polar surface area (TPSA) is 24.5 Å². The molecule has 0 spiro atoms. The van der Waals surface area contributed by atoms with Gasteiger partial charge in [-0.15, -0.1) is 24.8 Å². The van der Waals surface area contributed by atoms with Crippen molar-refractivity contribution in [3.63, 3.8) is 0 Å². The molecule has 1 aliphatic rings. The molecule has 3 rings (SSSR count). The number of hydrogen-bond donors (Lipinski definition) is 1. The van der Waals surface area contributed by atoms with E-state index in [1.165, 1.54) is 22.8 Å². The van der Waals surface area contributed by atoms with Crippen LogP contribution in [0.3, 0.4) is 0 Å². The fraction of sp³-hybridized carbons (Fsp3) is 0.500. The lowest BCUT2D eigenvalue weighted by atomic mass is 9.89. The third kappa shape index (κ3) is 5.01. The third-order valence-electron chi connectivity index (χ3n) is 5.14. The highest BCUT2D eigenvalue weighted by Gasteiger charge is 2.26. The molecule has 5 heteroatoms. The first-order chi connectivity index (χ1) is 11.2. The Kier molecular flexibility index (Phi) is 9.01. The zero-order chi connectivity index (χ0) is 16.2. The van der Waals surface area contributed by atoms with Crippen molar-refractivity contribution in [1.82, 2.24) is 10.2 Å². The Morgan fingerprint density at radius 3 is 2.32 bits per heavy atom. The van der Waals surface area contributed by atoms with E-state index in [0.717, 1.165) is 31.9 Å². The Hall–Kier alpha value is -1.000. The zero-order valence-corrected chi connectivity index (χ0v) is 17.0. The number of benzene rings is 2. The first-order valence-electron chi connectivity index (χ1n) is 8.75. The lowest BCUT2D eigenvalue weighted by Crippen LogP contribution is -2.46. The van der Waals surface area contributed by atoms with Crippen LogP contribution in [0.4, 0.5) is 0 Å². The van der Waals surface area contributed by atoms with E-state index < -0.39 is 0 Å². The molecule has 1 saturated heterocycles. The van der Waals surface area contributed by atoms with Crippen LogP contribution >= 0.6 is 24.8 Å². The van der Waals surface area contributed by atoms with Crippen LogP contribution in [0.15, 0.2) is 36.4 Å². The van der Waals surface area contributed by atoms with Crippen LogP contribution in [0.2, 0.25) is 0 Å². The van der Waals surface area contributed by atoms with Crippen LogP contribution in [0.5, 0.6) is 5.75 Å². The van der Waals surface area contributed by atoms with Crippen molar-refractivity contribution in [1.29, 1.82) is 0 Å². The van der Waals surface area contributed by atoms with Gasteiger partial charge in [-0.2, -0.15) is 0 Å². The number of rotatable bonds is 5. The zero-order valence-electron chi connectivity index (χ0n) is 15.3. The van der Waals surface area contributed by atoms with Crippen LogP contribution in [0.25, 0.3) is 10.8 Å². The smallest absolute Gasteiger partial charge is 0.119 e. The maximum Gasteiger partial charge on any atom is 0.119 e. The summed E-state index contributed by atoms with van der Waals surface area (Å²) < 4.78 is 5.34. The molecule has 3 nitrogen and oxygen atoms in total. The molecule has 2 atom stereocenters. The number of methoxy groups -OCH3 is 1. The van der Waals surface area contributed by atoms with Gasteiger partial charge in [-0.25, -0.2) is 0 Å². The number of nitrogens with one attached hydrogen (secondary N) is 1. The number of hydrogen-bond acceptors (Lipinski definition) is 3. The average Bonchev–Trinajstić information content (AvgIpc) is 2.62. The summed E-state index contributed by atoms with van der Waals surface area (Å²) in [5.41, 5.74) is 1.44. The second kappa shape index (κ2) is 10.2. The van der Waals surface area contributed by atoms with Gasteiger partial charge in [-0.3, -0.25) is 4.90 Å². The molecule has 1 heterocycles. The Bertz CT molecular complexity index is 659. The first kappa shape index (κ1) is 22.0. The maximum absolute atomic E-state index is 5.34. The van der Waals surface area contributed by atoms with E-state index in [1.807, 2.05) is 0 Å². The van der Waals surface area contributed by atoms with E-state index >= 15 is 0 Å². The van der Waals surface area contributed by atoms with E-state index in [9.17, 15) is 0 Å². The van der Waals surface area contributed by atoms with E-state index in [0.29, 0.717) is 12.0 Å². The number of halogens is 2. The Morgan fingerprint density at radius 2 is 1.68 bits per heavy atom. The summed E-state index contributed by atoms with van der Waals surface area (Å²) in [6.45, 7) is 9.14. The minimum Gasteiger partial charge on any atom is -0.497 e. The molecule has 1 aliphatic heterocycles. The predicted molar refractivity (Wildman–Crippen MR) is 112 cm³/mol. The number of piperazine rings is 1. The Morgan fingerprint density at radius 1 is 1.04 bits per heavy atom. The van der Waals surface area contributed by atoms with Crippen LogP contribution < -0.4 is 10.1 Å². The van der Waals surface area contributed by atoms with Gasteiger partial charge in [0.15, 0.2) is 0 Å². The van der Waals surface area contributed by atoms with Gasteiger partial charge in [0.05, 0.1) is 7.11 Å². The molecule has 2 aromatic rings. The average molecular weight is 385 g/mol. The van der Waals surface area contributed by atoms with Crippen molar-refractivity contribution in [3.05, 3.63) is 42.0 Å². The molecule has 0 radical (unpaired) electrons. The van der Waals surface area contributed by atoms with Crippen LogP contribution in [-0.2, 0) is 0 Å². The molecule has 0 aromatic heterocycles. The molecule has 25 heavy (non-hydrogen) atoms. The normalized spacial score (nSPS) is 17.2. The van der Waals surface area contributed by atoms with Crippen LogP contribution in [-0.4, -0.2) is 38.2 Å². The number of ether oxygens (including phenoxy) is 1. The standard InChI is InChI=1S/C20H28N2O.2ClH/c1-4-15(2)20(22-11-9-21-10-12-22)18-6-5-17-14-19(23-3)8-7-16(17)13-18;;/h5-8,13-15,20-21H,4,9-12H2,1-3H3;2*1H/t15?,20-;;/m1../s1. The molecular weight excluding hydrogens is 355 g/mol. The van der Waals surface area contributed by atoms with Crippen molar-refractivity contribution < 1.29 is 4.74 Å². The van der Waals surface area contributed by atoms with E-state index in [4.69, 9.17) is 4.74 Å². The highest BCUT2D eigenvalue weighted by Crippen LogP contribution is 2.33. The summed E-state index contributed by atoms with van der Waals surface area (Å²) in [5.74, 6) is 1.58. The van der Waals surface area contributed by atoms with Crippen molar-refractivity contribution >= 4 is 35.6 Å². The van der Waals surface area contributed by atoms with Crippen molar-refractivity contribution in [3.8, 4) is 5.75 Å². The summed E-state index contributed by atoms with van der Waals surface area (Å²) >= 11 is 0. The highest BCUT2D eigenvalue weighted by atomic mass is 35.5. The Labute approximate surface area is 163 Å². The molecule has 1 fully saturated rings. The Balaban J connectivity index is 0.00000156. The van der Waals surface area contributed by atoms with E-state index in [1.54, 1.807) is 7.11 Å². The van der Waals surface area contributed by atoms with Gasteiger partial charge < -0.3 is 10.1 Å². The van der Waals surface area contributed by atoms with Crippen molar-refractivity contribution in [2.24, 2.45) is 5.92 Å². The van der Waals surface area contributed by atoms with Crippen molar-refractivity contribution in [2.75, 3.05) is 33.3 Å². The van der Waals surface area contributed by atoms with Gasteiger partial charge in [0.2, 0.25) is 0 Å². The molecule has 0 aliphatic carbocycles. The summed E-state index contributed by atoms with van der Waals surface area (Å²) in [7, 11) is 1.72. The molecule has 1 unspecified atom stereocenters. The maximum atomic E-state index is 5.34. The minimum atomic E-state index is 0. The van der Waals surface area contributed by atoms with Gasteiger partial charge in [-0.1, -0.05) is 38.5 Å². The van der Waals surface area contributed by atoms with Gasteiger partial charge in [0, 0.05) is 32.2 Å². The van der Waals surface area contributed by atoms with Gasteiger partial charge >= 0.3 is 0 Å². The van der Waals surface area contributed by atoms with E-state index in [2.05, 4.69) is 60.5 Å². The second-order valence-electron chi connectivity index (χ2n) is 6.59. The lowest BCUT2D eigenvalue weighted by Gasteiger charge is -2.38. The van der Waals surface area contributed by atoms with Gasteiger partial charge in [0.25, 0.3) is 0 Å². The number of nitrogens with zero attached hydrogens (tertiary/aromatic N) is 1. The van der Waals surface area contributed by atoms with Crippen LogP contribution in [0.1, 0.15) is 31.9 Å². The molecule has 140 valence electrons. The van der Waals surface area contributed by atoms with Crippen molar-refractivity contribution in [2.45, 2.75) is 26.3 Å². The summed E-state index contributed by atoms with van der Waals surface area (Å²) in [6.07, 6.45) is 1.20. The molecule has 0 amide bonds. The van der Waals surface area contributed by atoms with Crippen LogP contribution in [0, 0.1) is 5.92 Å². The molecule has 2 aromatic carbocycles. The fourth-order valence-electron chi connectivity index (χ4n) is 3.64. The molecule has 0 bridgehead atoms. The summed E-state index contributed by atoms with van der Waals surface area (Å²) in [6, 6.07) is 13.8. The lowest BCUT2D eigenvalue weighted by molar-refractivity contribution is 0.128. The molecule has 0 saturated carbocycles. The number of fused-ring (bicyclic) bond motifs is 1. The quantitative estimate of drug-likeness (QED) is 0.809. The van der Waals surface area contributed by atoms with E-state index in [-0.39, 0.29) is 24.8 Å². The molecule has 1 N–H and O–H groups in total. The minimum absolute atomic E-state index is 0. The fourth-order valence-corrected chi connectivity index (χ4v) is 3.64. The largest absolute Gasteiger partial charge is 0.497 e. The van der Waals surface area contributed by atoms with Gasteiger partial charge in [-0.05, 0) is 40.5 Å². The second-order valence-corrected chi connectivity index (χ2v) is 6.59. The van der Waals surface area contributed by atoms with Gasteiger partial charge in [0.1, 0.15) is 5.75 Å². The third-order valence-corrected chi connectivity index (χ3v) is 5.14. The first-order valence-corrected chi connectivity index (χ1v) is 8.75. The summed E-state index contributed by atoms with van der Waals surface area (Å²) in [4.78, 5) is 2.65. The highest BCUT2D eigenvalue weighted by molar-refractivity contribution is 5.86. The monoisotopic (exact) mass is 384 g/mol. The predicted octanol–water partition coefficient (Wildman–Crippen LogP) is 4.68. The summed E-state index contributed by atoms with van der Waals surface area (Å²) in [5, 5.41) is 6.01. The SMILES string of the molecule is CCC(C)[C@H](c1ccc2cc(OC)ccc2c1)N1CCNCC1.Cl.Cl. The molecular formula is C20H30Cl2N2O.